The first-order chi connectivity index (χ1) is 14.5. The molecule has 0 aromatic heterocycles. The zero-order valence-electron chi connectivity index (χ0n) is 18.7. The van der Waals surface area contributed by atoms with Gasteiger partial charge in [0, 0.05) is 37.7 Å². The van der Waals surface area contributed by atoms with Crippen LogP contribution in [0.25, 0.3) is 10.8 Å². The summed E-state index contributed by atoms with van der Waals surface area (Å²) in [5.41, 5.74) is 2.03. The number of nitrogens with zero attached hydrogens (tertiary/aromatic N) is 1. The zero-order chi connectivity index (χ0) is 21.8. The van der Waals surface area contributed by atoms with E-state index in [0.29, 0.717) is 6.42 Å². The number of carbonyl (C=O) groups excluding carboxylic acids is 1. The van der Waals surface area contributed by atoms with Crippen LogP contribution < -0.4 is 4.90 Å². The fraction of sp³-hybridized carbons (Fsp3) is 0.538. The van der Waals surface area contributed by atoms with Crippen LogP contribution in [0.3, 0.4) is 0 Å². The number of Topliss-reactive ketones (excluding diaryl/α,β-unsaturated/α-hetero) is 1. The van der Waals surface area contributed by atoms with Crippen LogP contribution in [0.4, 0.5) is 5.69 Å². The maximum atomic E-state index is 12.6. The average Bonchev–Trinajstić information content (AvgIpc) is 2.74. The molecule has 4 nitrogen and oxygen atoms in total. The predicted octanol–water partition coefficient (Wildman–Crippen LogP) is 6.85. The molecule has 164 valence electrons. The molecular formula is C26H37NO3. The van der Waals surface area contributed by atoms with Gasteiger partial charge < -0.3 is 10.0 Å². The van der Waals surface area contributed by atoms with Crippen molar-refractivity contribution in [2.45, 2.75) is 77.6 Å². The van der Waals surface area contributed by atoms with Crippen molar-refractivity contribution in [2.24, 2.45) is 0 Å². The molecule has 0 heterocycles. The third kappa shape index (κ3) is 8.17. The summed E-state index contributed by atoms with van der Waals surface area (Å²) in [7, 11) is 2.11. The standard InChI is InChI=1S/C26H37NO3/c1-3-18-27(2)24-17-16-21-19-23(15-14-22(21)20-24)25(28)12-10-8-6-4-5-7-9-11-13-26(29)30/h14-17,19-20H,3-13,18H2,1-2H3,(H,29,30). The summed E-state index contributed by atoms with van der Waals surface area (Å²) < 4.78 is 0. The summed E-state index contributed by atoms with van der Waals surface area (Å²) in [5, 5.41) is 10.9. The van der Waals surface area contributed by atoms with Crippen molar-refractivity contribution in [3.05, 3.63) is 42.0 Å². The summed E-state index contributed by atoms with van der Waals surface area (Å²) in [6, 6.07) is 12.5. The number of unbranched alkanes of at least 4 members (excludes halogenated alkanes) is 7. The van der Waals surface area contributed by atoms with Gasteiger partial charge in [0.1, 0.15) is 0 Å². The van der Waals surface area contributed by atoms with Crippen LogP contribution in [0.2, 0.25) is 0 Å². The van der Waals surface area contributed by atoms with Gasteiger partial charge in [0.15, 0.2) is 5.78 Å². The fourth-order valence-corrected chi connectivity index (χ4v) is 3.88. The molecule has 0 atom stereocenters. The average molecular weight is 412 g/mol. The van der Waals surface area contributed by atoms with Gasteiger partial charge in [0.2, 0.25) is 0 Å². The molecule has 30 heavy (non-hydrogen) atoms. The summed E-state index contributed by atoms with van der Waals surface area (Å²) in [6.45, 7) is 3.22. The number of hydrogen-bond donors (Lipinski definition) is 1. The van der Waals surface area contributed by atoms with E-state index in [1.165, 1.54) is 17.5 Å². The highest BCUT2D eigenvalue weighted by Gasteiger charge is 2.08. The predicted molar refractivity (Wildman–Crippen MR) is 126 cm³/mol. The summed E-state index contributed by atoms with van der Waals surface area (Å²) >= 11 is 0. The highest BCUT2D eigenvalue weighted by molar-refractivity contribution is 6.00. The van der Waals surface area contributed by atoms with Gasteiger partial charge in [-0.05, 0) is 48.2 Å². The molecular weight excluding hydrogens is 374 g/mol. The molecule has 0 fully saturated rings. The van der Waals surface area contributed by atoms with E-state index >= 15 is 0 Å². The Hall–Kier alpha value is -2.36. The molecule has 0 radical (unpaired) electrons. The minimum Gasteiger partial charge on any atom is -0.481 e. The maximum absolute atomic E-state index is 12.6. The van der Waals surface area contributed by atoms with E-state index in [1.54, 1.807) is 0 Å². The van der Waals surface area contributed by atoms with E-state index in [9.17, 15) is 9.59 Å². The quantitative estimate of drug-likeness (QED) is 0.257. The molecule has 0 aliphatic carbocycles. The van der Waals surface area contributed by atoms with E-state index in [4.69, 9.17) is 5.11 Å². The summed E-state index contributed by atoms with van der Waals surface area (Å²) in [4.78, 5) is 25.3. The normalized spacial score (nSPS) is 11.0. The highest BCUT2D eigenvalue weighted by Crippen LogP contribution is 2.24. The van der Waals surface area contributed by atoms with Crippen LogP contribution in [0.15, 0.2) is 36.4 Å². The van der Waals surface area contributed by atoms with Crippen molar-refractivity contribution in [1.82, 2.24) is 0 Å². The van der Waals surface area contributed by atoms with Crippen LogP contribution in [-0.2, 0) is 4.79 Å². The minimum atomic E-state index is -0.699. The molecule has 0 unspecified atom stereocenters. The number of benzene rings is 2. The van der Waals surface area contributed by atoms with Gasteiger partial charge in [-0.2, -0.15) is 0 Å². The zero-order valence-corrected chi connectivity index (χ0v) is 18.7. The Kier molecular flexibility index (Phi) is 10.4. The van der Waals surface area contributed by atoms with Crippen molar-refractivity contribution in [2.75, 3.05) is 18.5 Å². The fourth-order valence-electron chi connectivity index (χ4n) is 3.88. The van der Waals surface area contributed by atoms with Gasteiger partial charge in [0.05, 0.1) is 0 Å². The Labute approximate surface area is 181 Å². The lowest BCUT2D eigenvalue weighted by atomic mass is 10.00. The molecule has 2 rings (SSSR count). The van der Waals surface area contributed by atoms with Crippen molar-refractivity contribution in [1.29, 1.82) is 0 Å². The molecule has 2 aromatic carbocycles. The first kappa shape index (κ1) is 23.9. The van der Waals surface area contributed by atoms with Gasteiger partial charge in [-0.15, -0.1) is 0 Å². The monoisotopic (exact) mass is 411 g/mol. The largest absolute Gasteiger partial charge is 0.481 e. The molecule has 2 aromatic rings. The molecule has 0 bridgehead atoms. The number of carboxylic acids is 1. The Morgan fingerprint density at radius 3 is 2.00 bits per heavy atom. The lowest BCUT2D eigenvalue weighted by Crippen LogP contribution is -2.17. The molecule has 1 N–H and O–H groups in total. The van der Waals surface area contributed by atoms with E-state index in [2.05, 4.69) is 43.1 Å². The van der Waals surface area contributed by atoms with Crippen molar-refractivity contribution in [3.8, 4) is 0 Å². The number of carbonyl (C=O) groups is 2. The number of carboxylic acid groups (broad SMARTS) is 1. The van der Waals surface area contributed by atoms with Crippen LogP contribution in [0, 0.1) is 0 Å². The van der Waals surface area contributed by atoms with E-state index < -0.39 is 5.97 Å². The van der Waals surface area contributed by atoms with Crippen LogP contribution >= 0.6 is 0 Å². The lowest BCUT2D eigenvalue weighted by Gasteiger charge is -2.18. The van der Waals surface area contributed by atoms with Crippen LogP contribution in [-0.4, -0.2) is 30.5 Å². The lowest BCUT2D eigenvalue weighted by molar-refractivity contribution is -0.137. The number of ketones is 1. The third-order valence-electron chi connectivity index (χ3n) is 5.69. The van der Waals surface area contributed by atoms with Crippen molar-refractivity contribution < 1.29 is 14.7 Å². The van der Waals surface area contributed by atoms with Gasteiger partial charge >= 0.3 is 5.97 Å². The Morgan fingerprint density at radius 2 is 1.37 bits per heavy atom. The van der Waals surface area contributed by atoms with Gasteiger partial charge in [-0.25, -0.2) is 0 Å². The van der Waals surface area contributed by atoms with E-state index in [1.807, 2.05) is 12.1 Å². The topological polar surface area (TPSA) is 57.6 Å². The second-order valence-electron chi connectivity index (χ2n) is 8.31. The number of hydrogen-bond acceptors (Lipinski definition) is 3. The third-order valence-corrected chi connectivity index (χ3v) is 5.69. The Bertz CT molecular complexity index is 815. The minimum absolute atomic E-state index is 0.234. The highest BCUT2D eigenvalue weighted by atomic mass is 16.4. The Balaban J connectivity index is 1.70. The number of anilines is 1. The molecule has 0 saturated carbocycles. The molecule has 0 aliphatic rings. The molecule has 0 saturated heterocycles. The summed E-state index contributed by atoms with van der Waals surface area (Å²) in [6.07, 6.45) is 10.4. The number of rotatable bonds is 15. The van der Waals surface area contributed by atoms with Crippen LogP contribution in [0.1, 0.15) is 87.9 Å². The second-order valence-corrected chi connectivity index (χ2v) is 8.31. The SMILES string of the molecule is CCCN(C)c1ccc2cc(C(=O)CCCCCCCCCCC(=O)O)ccc2c1. The maximum Gasteiger partial charge on any atom is 0.303 e. The van der Waals surface area contributed by atoms with E-state index in [-0.39, 0.29) is 12.2 Å². The number of fused-ring (bicyclic) bond motifs is 1. The molecule has 4 heteroatoms. The molecule has 0 aliphatic heterocycles. The Morgan fingerprint density at radius 1 is 0.800 bits per heavy atom. The first-order valence-corrected chi connectivity index (χ1v) is 11.5. The van der Waals surface area contributed by atoms with Crippen LogP contribution in [0.5, 0.6) is 0 Å². The second kappa shape index (κ2) is 13.0. The molecule has 0 amide bonds. The van der Waals surface area contributed by atoms with Gasteiger partial charge in [-0.1, -0.05) is 63.6 Å². The van der Waals surface area contributed by atoms with E-state index in [0.717, 1.165) is 68.9 Å². The summed E-state index contributed by atoms with van der Waals surface area (Å²) in [5.74, 6) is -0.465. The van der Waals surface area contributed by atoms with Crippen molar-refractivity contribution >= 4 is 28.2 Å². The number of aliphatic carboxylic acids is 1. The van der Waals surface area contributed by atoms with Crippen molar-refractivity contribution in [3.63, 3.8) is 0 Å². The van der Waals surface area contributed by atoms with Gasteiger partial charge in [-0.3, -0.25) is 9.59 Å². The van der Waals surface area contributed by atoms with Gasteiger partial charge in [0.25, 0.3) is 0 Å². The smallest absolute Gasteiger partial charge is 0.303 e. The molecule has 0 spiro atoms. The first-order valence-electron chi connectivity index (χ1n) is 11.5.